The van der Waals surface area contributed by atoms with Gasteiger partial charge in [-0.25, -0.2) is 0 Å². The van der Waals surface area contributed by atoms with Crippen molar-refractivity contribution in [1.82, 2.24) is 15.2 Å². The van der Waals surface area contributed by atoms with Crippen LogP contribution in [-0.2, 0) is 0 Å². The fourth-order valence-electron chi connectivity index (χ4n) is 2.59. The number of nitrogens with one attached hydrogen (secondary N) is 3. The maximum atomic E-state index is 12.4. The van der Waals surface area contributed by atoms with Crippen LogP contribution >= 0.6 is 11.3 Å². The highest BCUT2D eigenvalue weighted by Crippen LogP contribution is 2.27. The Hall–Kier alpha value is -3.19. The van der Waals surface area contributed by atoms with Gasteiger partial charge in [-0.3, -0.25) is 14.7 Å². The lowest BCUT2D eigenvalue weighted by Gasteiger charge is -2.03. The maximum Gasteiger partial charge on any atom is 0.262 e. The van der Waals surface area contributed by atoms with E-state index in [2.05, 4.69) is 20.5 Å². The third kappa shape index (κ3) is 2.97. The third-order valence-electron chi connectivity index (χ3n) is 3.82. The molecule has 0 bridgehead atoms. The molecular weight excluding hydrogens is 336 g/mol. The second-order valence-electron chi connectivity index (χ2n) is 5.63. The lowest BCUT2D eigenvalue weighted by molar-refractivity contribution is 0.102. The van der Waals surface area contributed by atoms with Crippen molar-refractivity contribution < 1.29 is 4.79 Å². The first-order chi connectivity index (χ1) is 12.1. The van der Waals surface area contributed by atoms with Crippen molar-refractivity contribution in [2.75, 3.05) is 5.32 Å². The number of anilines is 1. The Morgan fingerprint density at radius 1 is 1.16 bits per heavy atom. The van der Waals surface area contributed by atoms with E-state index < -0.39 is 11.5 Å². The molecule has 0 unspecified atom stereocenters. The Balaban J connectivity index is 1.61. The second-order valence-corrected chi connectivity index (χ2v) is 6.92. The zero-order valence-electron chi connectivity index (χ0n) is 13.3. The van der Waals surface area contributed by atoms with Crippen LogP contribution in [0.5, 0.6) is 0 Å². The van der Waals surface area contributed by atoms with E-state index in [1.807, 2.05) is 37.3 Å². The molecule has 3 N–H and O–H groups in total. The van der Waals surface area contributed by atoms with Crippen molar-refractivity contribution >= 4 is 34.0 Å². The van der Waals surface area contributed by atoms with E-state index in [9.17, 15) is 9.59 Å². The van der Waals surface area contributed by atoms with Gasteiger partial charge in [-0.2, -0.15) is 5.10 Å². The van der Waals surface area contributed by atoms with Crippen LogP contribution in [0, 0.1) is 6.92 Å². The zero-order chi connectivity index (χ0) is 17.4. The molecule has 124 valence electrons. The van der Waals surface area contributed by atoms with Crippen LogP contribution in [0.4, 0.5) is 5.82 Å². The number of aromatic nitrogens is 3. The fourth-order valence-corrected chi connectivity index (χ4v) is 3.42. The average Bonchev–Trinajstić information content (AvgIpc) is 3.23. The number of pyridine rings is 1. The van der Waals surface area contributed by atoms with Gasteiger partial charge in [0.1, 0.15) is 5.56 Å². The number of hydrogen-bond acceptors (Lipinski definition) is 4. The van der Waals surface area contributed by atoms with Crippen LogP contribution in [0.2, 0.25) is 0 Å². The van der Waals surface area contributed by atoms with Crippen molar-refractivity contribution in [2.24, 2.45) is 0 Å². The highest BCUT2D eigenvalue weighted by atomic mass is 32.1. The van der Waals surface area contributed by atoms with E-state index in [-0.39, 0.29) is 5.56 Å². The molecule has 6 nitrogen and oxygen atoms in total. The molecule has 3 aromatic heterocycles. The summed E-state index contributed by atoms with van der Waals surface area (Å²) in [5.74, 6) is -0.119. The van der Waals surface area contributed by atoms with E-state index in [1.54, 1.807) is 29.5 Å². The van der Waals surface area contributed by atoms with Crippen LogP contribution in [0.3, 0.4) is 0 Å². The van der Waals surface area contributed by atoms with Crippen LogP contribution in [0.1, 0.15) is 15.2 Å². The molecule has 0 aliphatic carbocycles. The number of carbonyl (C=O) groups is 1. The minimum Gasteiger partial charge on any atom is -0.321 e. The largest absolute Gasteiger partial charge is 0.321 e. The molecule has 1 aromatic carbocycles. The lowest BCUT2D eigenvalue weighted by atomic mass is 10.1. The van der Waals surface area contributed by atoms with E-state index in [0.29, 0.717) is 11.3 Å². The molecule has 0 saturated carbocycles. The Bertz CT molecular complexity index is 1140. The Labute approximate surface area is 146 Å². The summed E-state index contributed by atoms with van der Waals surface area (Å²) in [6, 6.07) is 14.7. The van der Waals surface area contributed by atoms with Gasteiger partial charge in [0, 0.05) is 16.5 Å². The number of carbonyl (C=O) groups excluding carboxylic acids is 1. The highest BCUT2D eigenvalue weighted by molar-refractivity contribution is 7.15. The number of para-hydroxylation sites is 1. The summed E-state index contributed by atoms with van der Waals surface area (Å²) in [6.45, 7) is 2.03. The van der Waals surface area contributed by atoms with Gasteiger partial charge >= 0.3 is 0 Å². The van der Waals surface area contributed by atoms with Gasteiger partial charge in [0.05, 0.1) is 10.6 Å². The van der Waals surface area contributed by atoms with E-state index >= 15 is 0 Å². The summed E-state index contributed by atoms with van der Waals surface area (Å²) in [6.07, 6.45) is 0. The van der Waals surface area contributed by atoms with Crippen LogP contribution in [0.25, 0.3) is 21.5 Å². The minimum atomic E-state index is -0.493. The third-order valence-corrected chi connectivity index (χ3v) is 4.86. The fraction of sp³-hybridized carbons (Fsp3) is 0.0556. The number of rotatable bonds is 3. The number of aryl methyl sites for hydroxylation is 1. The maximum absolute atomic E-state index is 12.4. The van der Waals surface area contributed by atoms with Crippen molar-refractivity contribution in [2.45, 2.75) is 6.92 Å². The molecule has 25 heavy (non-hydrogen) atoms. The molecule has 1 amide bonds. The number of nitrogens with zero attached hydrogens (tertiary/aromatic N) is 1. The number of amides is 1. The van der Waals surface area contributed by atoms with E-state index in [1.165, 1.54) is 4.88 Å². The summed E-state index contributed by atoms with van der Waals surface area (Å²) in [5, 5.41) is 10.5. The summed E-state index contributed by atoms with van der Waals surface area (Å²) in [5.41, 5.74) is 1.14. The van der Waals surface area contributed by atoms with Gasteiger partial charge in [-0.1, -0.05) is 18.2 Å². The monoisotopic (exact) mass is 350 g/mol. The SMILES string of the molecule is Cc1ccc(-c2cc(NC(=O)c3cc4ccccc4[nH]c3=O)n[nH]2)s1. The quantitative estimate of drug-likeness (QED) is 0.528. The number of aromatic amines is 2. The molecular formula is C18H14N4O2S. The average molecular weight is 350 g/mol. The Kier molecular flexibility index (Phi) is 3.70. The van der Waals surface area contributed by atoms with Gasteiger partial charge < -0.3 is 10.3 Å². The van der Waals surface area contributed by atoms with Gasteiger partial charge in [0.2, 0.25) is 0 Å². The standard InChI is InChI=1S/C18H14N4O2S/c1-10-6-7-15(25-10)14-9-16(22-21-14)20-18(24)12-8-11-4-2-3-5-13(11)19-17(12)23/h2-9H,1H3,(H,19,23)(H2,20,21,22,24). The number of hydrogen-bond donors (Lipinski definition) is 3. The first-order valence-corrected chi connectivity index (χ1v) is 8.47. The predicted octanol–water partition coefficient (Wildman–Crippen LogP) is 3.54. The van der Waals surface area contributed by atoms with Crippen molar-refractivity contribution in [1.29, 1.82) is 0 Å². The van der Waals surface area contributed by atoms with Crippen molar-refractivity contribution in [3.05, 3.63) is 69.3 Å². The van der Waals surface area contributed by atoms with E-state index in [4.69, 9.17) is 0 Å². The van der Waals surface area contributed by atoms with Crippen molar-refractivity contribution in [3.63, 3.8) is 0 Å². The Morgan fingerprint density at radius 2 is 2.00 bits per heavy atom. The molecule has 7 heteroatoms. The van der Waals surface area contributed by atoms with Gasteiger partial charge in [-0.15, -0.1) is 11.3 Å². The molecule has 0 atom stereocenters. The molecule has 0 aliphatic rings. The second kappa shape index (κ2) is 6.03. The molecule has 0 radical (unpaired) electrons. The first-order valence-electron chi connectivity index (χ1n) is 7.66. The van der Waals surface area contributed by atoms with Crippen LogP contribution < -0.4 is 10.9 Å². The number of benzene rings is 1. The summed E-state index contributed by atoms with van der Waals surface area (Å²) < 4.78 is 0. The first kappa shape index (κ1) is 15.3. The summed E-state index contributed by atoms with van der Waals surface area (Å²) >= 11 is 1.63. The highest BCUT2D eigenvalue weighted by Gasteiger charge is 2.14. The molecule has 0 saturated heterocycles. The number of H-pyrrole nitrogens is 2. The normalized spacial score (nSPS) is 10.9. The molecule has 0 aliphatic heterocycles. The number of thiophene rings is 1. The van der Waals surface area contributed by atoms with Crippen LogP contribution in [-0.4, -0.2) is 21.1 Å². The van der Waals surface area contributed by atoms with Crippen molar-refractivity contribution in [3.8, 4) is 10.6 Å². The van der Waals surface area contributed by atoms with Gasteiger partial charge in [0.15, 0.2) is 5.82 Å². The zero-order valence-corrected chi connectivity index (χ0v) is 14.1. The molecule has 4 aromatic rings. The Morgan fingerprint density at radius 3 is 2.80 bits per heavy atom. The molecule has 0 spiro atoms. The van der Waals surface area contributed by atoms with Gasteiger partial charge in [0.25, 0.3) is 11.5 Å². The minimum absolute atomic E-state index is 0.0511. The molecule has 4 rings (SSSR count). The predicted molar refractivity (Wildman–Crippen MR) is 99.2 cm³/mol. The molecule has 3 heterocycles. The van der Waals surface area contributed by atoms with E-state index in [0.717, 1.165) is 16.0 Å². The lowest BCUT2D eigenvalue weighted by Crippen LogP contribution is -2.23. The van der Waals surface area contributed by atoms with Crippen LogP contribution in [0.15, 0.2) is 53.3 Å². The summed E-state index contributed by atoms with van der Waals surface area (Å²) in [4.78, 5) is 29.5. The summed E-state index contributed by atoms with van der Waals surface area (Å²) in [7, 11) is 0. The molecule has 0 fully saturated rings. The smallest absolute Gasteiger partial charge is 0.262 e. The van der Waals surface area contributed by atoms with Gasteiger partial charge in [-0.05, 0) is 36.6 Å². The topological polar surface area (TPSA) is 90.6 Å². The number of fused-ring (bicyclic) bond motifs is 1.